The van der Waals surface area contributed by atoms with Crippen LogP contribution in [0.4, 0.5) is 24.7 Å². The van der Waals surface area contributed by atoms with E-state index < -0.39 is 23.5 Å². The van der Waals surface area contributed by atoms with Crippen LogP contribution in [0.2, 0.25) is 0 Å². The number of amides is 1. The Morgan fingerprint density at radius 1 is 1.29 bits per heavy atom. The van der Waals surface area contributed by atoms with Gasteiger partial charge in [-0.15, -0.1) is 12.4 Å². The molecule has 0 saturated carbocycles. The van der Waals surface area contributed by atoms with Crippen molar-refractivity contribution in [3.05, 3.63) is 35.9 Å². The molecule has 31 heavy (non-hydrogen) atoms. The Kier molecular flexibility index (Phi) is 6.70. The highest BCUT2D eigenvalue weighted by Gasteiger charge is 2.37. The van der Waals surface area contributed by atoms with Crippen molar-refractivity contribution in [2.24, 2.45) is 7.05 Å². The molecular formula is C18H22ClF3N8O. The predicted octanol–water partition coefficient (Wildman–Crippen LogP) is 2.71. The van der Waals surface area contributed by atoms with Crippen LogP contribution in [-0.4, -0.2) is 49.4 Å². The zero-order chi connectivity index (χ0) is 21.3. The van der Waals surface area contributed by atoms with Crippen molar-refractivity contribution in [2.45, 2.75) is 31.5 Å². The molecule has 4 heterocycles. The van der Waals surface area contributed by atoms with E-state index in [2.05, 4.69) is 31.1 Å². The summed E-state index contributed by atoms with van der Waals surface area (Å²) < 4.78 is 41.8. The second-order valence-electron chi connectivity index (χ2n) is 7.18. The summed E-state index contributed by atoms with van der Waals surface area (Å²) in [4.78, 5) is 17.2. The molecule has 0 aliphatic carbocycles. The van der Waals surface area contributed by atoms with E-state index in [4.69, 9.17) is 0 Å². The predicted molar refractivity (Wildman–Crippen MR) is 111 cm³/mol. The fourth-order valence-electron chi connectivity index (χ4n) is 3.46. The van der Waals surface area contributed by atoms with Crippen molar-refractivity contribution in [3.63, 3.8) is 0 Å². The quantitative estimate of drug-likeness (QED) is 0.555. The monoisotopic (exact) mass is 458 g/mol. The largest absolute Gasteiger partial charge is 0.437 e. The smallest absolute Gasteiger partial charge is 0.367 e. The summed E-state index contributed by atoms with van der Waals surface area (Å²) in [6.07, 6.45) is 2.34. The van der Waals surface area contributed by atoms with Crippen LogP contribution in [0.25, 0.3) is 5.65 Å². The molecule has 1 saturated heterocycles. The lowest BCUT2D eigenvalue weighted by molar-refractivity contribution is -0.140. The van der Waals surface area contributed by atoms with Gasteiger partial charge in [-0.25, -0.2) is 9.50 Å². The molecule has 4 rings (SSSR count). The topological polar surface area (TPSA) is 101 Å². The van der Waals surface area contributed by atoms with Gasteiger partial charge in [0.15, 0.2) is 11.3 Å². The van der Waals surface area contributed by atoms with Crippen molar-refractivity contribution in [1.82, 2.24) is 29.7 Å². The Hall–Kier alpha value is -2.86. The minimum absolute atomic E-state index is 0. The molecular weight excluding hydrogens is 437 g/mol. The second-order valence-corrected chi connectivity index (χ2v) is 7.18. The van der Waals surface area contributed by atoms with E-state index in [0.717, 1.165) is 43.2 Å². The van der Waals surface area contributed by atoms with Gasteiger partial charge >= 0.3 is 6.18 Å². The molecule has 1 aliphatic rings. The highest BCUT2D eigenvalue weighted by molar-refractivity contribution is 6.08. The normalized spacial score (nSPS) is 17.1. The fourth-order valence-corrected chi connectivity index (χ4v) is 3.46. The molecule has 0 bridgehead atoms. The Bertz CT molecular complexity index is 1060. The number of anilines is 2. The van der Waals surface area contributed by atoms with Gasteiger partial charge in [0.25, 0.3) is 5.91 Å². The summed E-state index contributed by atoms with van der Waals surface area (Å²) in [6, 6.07) is 2.00. The molecule has 13 heteroatoms. The van der Waals surface area contributed by atoms with Gasteiger partial charge in [-0.2, -0.15) is 23.4 Å². The minimum atomic E-state index is -4.69. The van der Waals surface area contributed by atoms with Crippen LogP contribution >= 0.6 is 12.4 Å². The number of rotatable bonds is 4. The van der Waals surface area contributed by atoms with Crippen molar-refractivity contribution < 1.29 is 18.0 Å². The van der Waals surface area contributed by atoms with Crippen LogP contribution in [0.1, 0.15) is 35.3 Å². The number of nitrogens with zero attached hydrogens (tertiary/aromatic N) is 5. The molecule has 1 aliphatic heterocycles. The molecule has 1 amide bonds. The van der Waals surface area contributed by atoms with Crippen LogP contribution in [0.3, 0.4) is 0 Å². The summed E-state index contributed by atoms with van der Waals surface area (Å²) in [6.45, 7) is 1.89. The zero-order valence-electron chi connectivity index (χ0n) is 16.6. The maximum absolute atomic E-state index is 13.1. The first-order chi connectivity index (χ1) is 14.3. The van der Waals surface area contributed by atoms with Gasteiger partial charge in [-0.1, -0.05) is 0 Å². The number of aromatic nitrogens is 5. The Labute approximate surface area is 181 Å². The van der Waals surface area contributed by atoms with Gasteiger partial charge in [0.2, 0.25) is 0 Å². The number of hydrogen-bond acceptors (Lipinski definition) is 6. The van der Waals surface area contributed by atoms with Crippen molar-refractivity contribution in [1.29, 1.82) is 0 Å². The Balaban J connectivity index is 0.00000272. The second kappa shape index (κ2) is 9.10. The number of carbonyl (C=O) groups is 1. The molecule has 9 nitrogen and oxygen atoms in total. The number of carbonyl (C=O) groups excluding carboxylic acids is 1. The van der Waals surface area contributed by atoms with Crippen molar-refractivity contribution in [2.75, 3.05) is 23.7 Å². The van der Waals surface area contributed by atoms with Crippen LogP contribution in [0.15, 0.2) is 24.7 Å². The third-order valence-corrected chi connectivity index (χ3v) is 4.89. The molecule has 0 radical (unpaired) electrons. The summed E-state index contributed by atoms with van der Waals surface area (Å²) in [5, 5.41) is 16.4. The van der Waals surface area contributed by atoms with Gasteiger partial charge in [-0.3, -0.25) is 9.48 Å². The number of hydrogen-bond donors (Lipinski definition) is 3. The molecule has 1 unspecified atom stereocenters. The molecule has 3 N–H and O–H groups in total. The zero-order valence-corrected chi connectivity index (χ0v) is 17.4. The van der Waals surface area contributed by atoms with Gasteiger partial charge in [0.1, 0.15) is 11.4 Å². The van der Waals surface area contributed by atoms with Crippen molar-refractivity contribution >= 4 is 35.5 Å². The highest BCUT2D eigenvalue weighted by atomic mass is 35.5. The first-order valence-corrected chi connectivity index (χ1v) is 9.55. The number of aryl methyl sites for hydroxylation is 1. The van der Waals surface area contributed by atoms with E-state index in [1.807, 2.05) is 0 Å². The first kappa shape index (κ1) is 22.8. The lowest BCUT2D eigenvalue weighted by Crippen LogP contribution is -2.22. The number of alkyl halides is 3. The average molecular weight is 459 g/mol. The van der Waals surface area contributed by atoms with E-state index in [0.29, 0.717) is 5.82 Å². The number of halogens is 4. The number of nitrogens with one attached hydrogen (secondary N) is 3. The standard InChI is InChI=1S/C18H21F3N8O.ClH/c1-28-10-13(15(27-28)18(19,20)21)25-17(30)12-9-23-29-8-5-14(26-16(12)29)24-11-3-2-6-22-7-4-11;/h5,8-11,22H,2-4,6-7H2,1H3,(H,24,26)(H,25,30);1H. The molecule has 0 aromatic carbocycles. The summed E-state index contributed by atoms with van der Waals surface area (Å²) in [7, 11) is 1.35. The third-order valence-electron chi connectivity index (χ3n) is 4.89. The molecule has 0 spiro atoms. The average Bonchev–Trinajstić information content (AvgIpc) is 3.17. The van der Waals surface area contributed by atoms with E-state index in [1.54, 1.807) is 12.3 Å². The van der Waals surface area contributed by atoms with E-state index in [1.165, 1.54) is 17.8 Å². The van der Waals surface area contributed by atoms with Gasteiger partial charge in [-0.05, 0) is 38.4 Å². The third kappa shape index (κ3) is 5.07. The SMILES string of the molecule is Cl.Cn1cc(NC(=O)c2cnn3ccc(NC4CCCNCC4)nc23)c(C(F)(F)F)n1. The van der Waals surface area contributed by atoms with Crippen LogP contribution in [-0.2, 0) is 13.2 Å². The Morgan fingerprint density at radius 2 is 2.10 bits per heavy atom. The van der Waals surface area contributed by atoms with Crippen LogP contribution in [0, 0.1) is 0 Å². The molecule has 168 valence electrons. The molecule has 1 fully saturated rings. The van der Waals surface area contributed by atoms with Crippen LogP contribution < -0.4 is 16.0 Å². The summed E-state index contributed by atoms with van der Waals surface area (Å²) >= 11 is 0. The lowest BCUT2D eigenvalue weighted by Gasteiger charge is -2.16. The summed E-state index contributed by atoms with van der Waals surface area (Å²) in [5.74, 6) is -0.159. The Morgan fingerprint density at radius 3 is 2.87 bits per heavy atom. The maximum Gasteiger partial charge on any atom is 0.437 e. The van der Waals surface area contributed by atoms with Gasteiger partial charge in [0, 0.05) is 25.5 Å². The molecule has 1 atom stereocenters. The van der Waals surface area contributed by atoms with Gasteiger partial charge < -0.3 is 16.0 Å². The van der Waals surface area contributed by atoms with E-state index >= 15 is 0 Å². The first-order valence-electron chi connectivity index (χ1n) is 9.55. The van der Waals surface area contributed by atoms with Gasteiger partial charge in [0.05, 0.1) is 11.9 Å². The van der Waals surface area contributed by atoms with E-state index in [-0.39, 0.29) is 29.7 Å². The number of fused-ring (bicyclic) bond motifs is 1. The van der Waals surface area contributed by atoms with Crippen LogP contribution in [0.5, 0.6) is 0 Å². The summed E-state index contributed by atoms with van der Waals surface area (Å²) in [5.41, 5.74) is -1.26. The maximum atomic E-state index is 13.1. The lowest BCUT2D eigenvalue weighted by atomic mass is 10.1. The highest BCUT2D eigenvalue weighted by Crippen LogP contribution is 2.33. The minimum Gasteiger partial charge on any atom is -0.367 e. The molecule has 3 aromatic rings. The van der Waals surface area contributed by atoms with E-state index in [9.17, 15) is 18.0 Å². The van der Waals surface area contributed by atoms with Crippen molar-refractivity contribution in [3.8, 4) is 0 Å². The fraction of sp³-hybridized carbons (Fsp3) is 0.444. The molecule has 3 aromatic heterocycles.